The lowest BCUT2D eigenvalue weighted by Crippen LogP contribution is -1.98. The van der Waals surface area contributed by atoms with Crippen LogP contribution >= 0.6 is 0 Å². The fourth-order valence-corrected chi connectivity index (χ4v) is 4.32. The monoisotopic (exact) mass is 362 g/mol. The molecule has 0 atom stereocenters. The van der Waals surface area contributed by atoms with Gasteiger partial charge in [-0.25, -0.2) is 0 Å². The van der Waals surface area contributed by atoms with E-state index in [-0.39, 0.29) is 0 Å². The van der Waals surface area contributed by atoms with Crippen molar-refractivity contribution in [2.24, 2.45) is 0 Å². The van der Waals surface area contributed by atoms with E-state index in [2.05, 4.69) is 113 Å². The van der Waals surface area contributed by atoms with Crippen molar-refractivity contribution >= 4 is 0 Å². The van der Waals surface area contributed by atoms with Crippen LogP contribution in [0.2, 0.25) is 0 Å². The zero-order valence-corrected chi connectivity index (χ0v) is 17.1. The molecule has 0 unspecified atom stereocenters. The lowest BCUT2D eigenvalue weighted by Gasteiger charge is -2.21. The maximum absolute atomic E-state index is 2.26. The molecule has 0 heterocycles. The molecule has 0 N–H and O–H groups in total. The third kappa shape index (κ3) is 3.16. The van der Waals surface area contributed by atoms with Crippen molar-refractivity contribution < 1.29 is 0 Å². The number of hydrogen-bond donors (Lipinski definition) is 0. The Morgan fingerprint density at radius 3 is 1.11 bits per heavy atom. The Bertz CT molecular complexity index is 1030. The molecule has 0 aliphatic carbocycles. The molecule has 0 bridgehead atoms. The van der Waals surface area contributed by atoms with Crippen LogP contribution in [0.5, 0.6) is 0 Å². The minimum Gasteiger partial charge on any atom is -0.0622 e. The number of hydrogen-bond acceptors (Lipinski definition) is 0. The van der Waals surface area contributed by atoms with Gasteiger partial charge in [-0.1, -0.05) is 84.9 Å². The third-order valence-electron chi connectivity index (χ3n) is 5.77. The fourth-order valence-electron chi connectivity index (χ4n) is 4.32. The van der Waals surface area contributed by atoms with Gasteiger partial charge in [-0.2, -0.15) is 0 Å². The molecule has 0 aliphatic rings. The number of aryl methyl sites for hydroxylation is 2. The Balaban J connectivity index is 1.98. The highest BCUT2D eigenvalue weighted by atomic mass is 14.2. The van der Waals surface area contributed by atoms with Crippen LogP contribution in [0.4, 0.5) is 0 Å². The van der Waals surface area contributed by atoms with Gasteiger partial charge in [0.05, 0.1) is 0 Å². The maximum atomic E-state index is 2.26. The van der Waals surface area contributed by atoms with Crippen molar-refractivity contribution in [2.45, 2.75) is 27.7 Å². The van der Waals surface area contributed by atoms with E-state index >= 15 is 0 Å². The first-order chi connectivity index (χ1) is 13.6. The molecule has 0 aromatic heterocycles. The van der Waals surface area contributed by atoms with Crippen LogP contribution in [-0.4, -0.2) is 0 Å². The Kier molecular flexibility index (Phi) is 4.88. The Morgan fingerprint density at radius 2 is 0.750 bits per heavy atom. The lowest BCUT2D eigenvalue weighted by atomic mass is 9.83. The third-order valence-corrected chi connectivity index (χ3v) is 5.77. The standard InChI is InChI=1S/C28H26/c1-19-15-17-25(23-11-7-5-8-12-23)21(3)27(19)28-20(2)16-18-26(22(28)4)24-13-9-6-10-14-24/h5-18H,1-4H3. The van der Waals surface area contributed by atoms with Crippen LogP contribution in [0, 0.1) is 27.7 Å². The van der Waals surface area contributed by atoms with Crippen molar-refractivity contribution in [3.05, 3.63) is 107 Å². The van der Waals surface area contributed by atoms with E-state index in [1.165, 1.54) is 55.6 Å². The van der Waals surface area contributed by atoms with Gasteiger partial charge in [-0.05, 0) is 83.3 Å². The smallest absolute Gasteiger partial charge is 0.0114 e. The molecule has 138 valence electrons. The molecule has 0 fully saturated rings. The maximum Gasteiger partial charge on any atom is -0.0114 e. The van der Waals surface area contributed by atoms with Gasteiger partial charge in [0.15, 0.2) is 0 Å². The topological polar surface area (TPSA) is 0 Å². The summed E-state index contributed by atoms with van der Waals surface area (Å²) >= 11 is 0. The van der Waals surface area contributed by atoms with Crippen LogP contribution < -0.4 is 0 Å². The van der Waals surface area contributed by atoms with Crippen LogP contribution in [0.3, 0.4) is 0 Å². The molecule has 0 heteroatoms. The van der Waals surface area contributed by atoms with Gasteiger partial charge in [-0.3, -0.25) is 0 Å². The van der Waals surface area contributed by atoms with E-state index in [0.29, 0.717) is 0 Å². The van der Waals surface area contributed by atoms with Gasteiger partial charge in [0.2, 0.25) is 0 Å². The largest absolute Gasteiger partial charge is 0.0622 e. The van der Waals surface area contributed by atoms with Crippen LogP contribution in [0.25, 0.3) is 33.4 Å². The van der Waals surface area contributed by atoms with Gasteiger partial charge >= 0.3 is 0 Å². The summed E-state index contributed by atoms with van der Waals surface area (Å²) in [4.78, 5) is 0. The molecule has 4 aromatic carbocycles. The highest BCUT2D eigenvalue weighted by Gasteiger charge is 2.17. The SMILES string of the molecule is Cc1ccc(-c2ccccc2)c(C)c1-c1c(C)ccc(-c2ccccc2)c1C. The van der Waals surface area contributed by atoms with Crippen LogP contribution in [0.15, 0.2) is 84.9 Å². The van der Waals surface area contributed by atoms with Crippen LogP contribution in [-0.2, 0) is 0 Å². The first kappa shape index (κ1) is 18.3. The second kappa shape index (κ2) is 7.48. The average molecular weight is 363 g/mol. The molecule has 0 saturated carbocycles. The quantitative estimate of drug-likeness (QED) is 0.347. The van der Waals surface area contributed by atoms with Crippen molar-refractivity contribution in [1.82, 2.24) is 0 Å². The van der Waals surface area contributed by atoms with Gasteiger partial charge < -0.3 is 0 Å². The average Bonchev–Trinajstić information content (AvgIpc) is 2.72. The van der Waals surface area contributed by atoms with Crippen molar-refractivity contribution in [3.63, 3.8) is 0 Å². The van der Waals surface area contributed by atoms with Gasteiger partial charge in [0, 0.05) is 0 Å². The summed E-state index contributed by atoms with van der Waals surface area (Å²) in [7, 11) is 0. The number of rotatable bonds is 3. The molecule has 0 aliphatic heterocycles. The highest BCUT2D eigenvalue weighted by Crippen LogP contribution is 2.40. The van der Waals surface area contributed by atoms with Gasteiger partial charge in [-0.15, -0.1) is 0 Å². The van der Waals surface area contributed by atoms with E-state index in [1.807, 2.05) is 0 Å². The molecule has 28 heavy (non-hydrogen) atoms. The summed E-state index contributed by atoms with van der Waals surface area (Å²) in [6.45, 7) is 8.98. The Morgan fingerprint density at radius 1 is 0.393 bits per heavy atom. The van der Waals surface area contributed by atoms with E-state index < -0.39 is 0 Å². The molecular formula is C28H26. The summed E-state index contributed by atoms with van der Waals surface area (Å²) in [6, 6.07) is 30.4. The summed E-state index contributed by atoms with van der Waals surface area (Å²) in [5.41, 5.74) is 13.3. The zero-order valence-electron chi connectivity index (χ0n) is 17.1. The van der Waals surface area contributed by atoms with Crippen molar-refractivity contribution in [2.75, 3.05) is 0 Å². The molecule has 0 amide bonds. The second-order valence-corrected chi connectivity index (χ2v) is 7.59. The van der Waals surface area contributed by atoms with Crippen molar-refractivity contribution in [3.8, 4) is 33.4 Å². The molecule has 0 spiro atoms. The van der Waals surface area contributed by atoms with E-state index in [4.69, 9.17) is 0 Å². The molecule has 0 saturated heterocycles. The summed E-state index contributed by atoms with van der Waals surface area (Å²) in [5, 5.41) is 0. The minimum absolute atomic E-state index is 1.27. The molecule has 0 nitrogen and oxygen atoms in total. The zero-order chi connectivity index (χ0) is 19.7. The lowest BCUT2D eigenvalue weighted by molar-refractivity contribution is 1.32. The Labute approximate surface area is 168 Å². The van der Waals surface area contributed by atoms with Gasteiger partial charge in [0.25, 0.3) is 0 Å². The normalized spacial score (nSPS) is 10.9. The van der Waals surface area contributed by atoms with E-state index in [0.717, 1.165) is 0 Å². The number of benzene rings is 4. The van der Waals surface area contributed by atoms with Gasteiger partial charge in [0.1, 0.15) is 0 Å². The predicted octanol–water partition coefficient (Wildman–Crippen LogP) is 7.92. The Hall–Kier alpha value is -3.12. The first-order valence-electron chi connectivity index (χ1n) is 9.89. The molecule has 4 rings (SSSR count). The highest BCUT2D eigenvalue weighted by molar-refractivity contribution is 5.87. The molecule has 4 aromatic rings. The van der Waals surface area contributed by atoms with Crippen molar-refractivity contribution in [1.29, 1.82) is 0 Å². The van der Waals surface area contributed by atoms with E-state index in [1.54, 1.807) is 0 Å². The summed E-state index contributed by atoms with van der Waals surface area (Å²) in [6.07, 6.45) is 0. The second-order valence-electron chi connectivity index (χ2n) is 7.59. The fraction of sp³-hybridized carbons (Fsp3) is 0.143. The van der Waals surface area contributed by atoms with Crippen LogP contribution in [0.1, 0.15) is 22.3 Å². The summed E-state index contributed by atoms with van der Waals surface area (Å²) in [5.74, 6) is 0. The minimum atomic E-state index is 1.27. The van der Waals surface area contributed by atoms with E-state index in [9.17, 15) is 0 Å². The predicted molar refractivity (Wildman–Crippen MR) is 122 cm³/mol. The summed E-state index contributed by atoms with van der Waals surface area (Å²) < 4.78 is 0. The first-order valence-corrected chi connectivity index (χ1v) is 9.89. The molecule has 0 radical (unpaired) electrons. The molecular weight excluding hydrogens is 336 g/mol.